The molecule has 0 saturated heterocycles. The van der Waals surface area contributed by atoms with Crippen LogP contribution in [0.1, 0.15) is 11.1 Å². The summed E-state index contributed by atoms with van der Waals surface area (Å²) in [5, 5.41) is 4.94. The van der Waals surface area contributed by atoms with Gasteiger partial charge in [-0.25, -0.2) is 0 Å². The van der Waals surface area contributed by atoms with Gasteiger partial charge in [0.2, 0.25) is 0 Å². The van der Waals surface area contributed by atoms with Crippen LogP contribution in [0.25, 0.3) is 0 Å². The van der Waals surface area contributed by atoms with Crippen LogP contribution in [0.2, 0.25) is 15.1 Å². The van der Waals surface area contributed by atoms with Gasteiger partial charge in [-0.15, -0.1) is 0 Å². The second-order valence-electron chi connectivity index (χ2n) is 4.14. The molecular formula is C14H11Cl3IN. The molecule has 5 heteroatoms. The van der Waals surface area contributed by atoms with Crippen LogP contribution in [-0.2, 0) is 6.54 Å². The Bertz CT molecular complexity index is 614. The summed E-state index contributed by atoms with van der Waals surface area (Å²) in [4.78, 5) is 0. The Hall–Kier alpha value is -0.160. The summed E-state index contributed by atoms with van der Waals surface area (Å²) in [7, 11) is 0. The molecule has 0 atom stereocenters. The maximum atomic E-state index is 6.16. The molecule has 0 aliphatic rings. The predicted octanol–water partition coefficient (Wildman–Crippen LogP) is 6.17. The fourth-order valence-electron chi connectivity index (χ4n) is 1.62. The molecule has 0 spiro atoms. The number of hydrogen-bond acceptors (Lipinski definition) is 1. The van der Waals surface area contributed by atoms with E-state index in [4.69, 9.17) is 34.8 Å². The lowest BCUT2D eigenvalue weighted by Gasteiger charge is -2.11. The average molecular weight is 427 g/mol. The van der Waals surface area contributed by atoms with Crippen molar-refractivity contribution < 1.29 is 0 Å². The molecule has 100 valence electrons. The molecule has 19 heavy (non-hydrogen) atoms. The summed E-state index contributed by atoms with van der Waals surface area (Å²) in [5.74, 6) is 0. The van der Waals surface area contributed by atoms with Gasteiger partial charge in [-0.05, 0) is 59.3 Å². The highest BCUT2D eigenvalue weighted by Gasteiger charge is 2.09. The molecule has 1 nitrogen and oxygen atoms in total. The van der Waals surface area contributed by atoms with Crippen molar-refractivity contribution in [3.05, 3.63) is 60.1 Å². The molecule has 0 saturated carbocycles. The molecule has 0 heterocycles. The molecule has 0 amide bonds. The zero-order valence-electron chi connectivity index (χ0n) is 10.1. The van der Waals surface area contributed by atoms with E-state index in [2.05, 4.69) is 47.0 Å². The van der Waals surface area contributed by atoms with E-state index < -0.39 is 0 Å². The highest BCUT2D eigenvalue weighted by molar-refractivity contribution is 14.1. The first-order chi connectivity index (χ1) is 8.99. The molecule has 1 N–H and O–H groups in total. The lowest BCUT2D eigenvalue weighted by molar-refractivity contribution is 1.15. The summed E-state index contributed by atoms with van der Waals surface area (Å²) >= 11 is 20.6. The molecule has 0 aliphatic heterocycles. The monoisotopic (exact) mass is 425 g/mol. The highest BCUT2D eigenvalue weighted by Crippen LogP contribution is 2.32. The van der Waals surface area contributed by atoms with E-state index in [1.807, 2.05) is 6.07 Å². The molecule has 2 aromatic rings. The van der Waals surface area contributed by atoms with Gasteiger partial charge in [-0.3, -0.25) is 0 Å². The van der Waals surface area contributed by atoms with Crippen molar-refractivity contribution >= 4 is 63.1 Å². The van der Waals surface area contributed by atoms with Crippen molar-refractivity contribution in [2.75, 3.05) is 5.32 Å². The molecule has 2 rings (SSSR count). The van der Waals surface area contributed by atoms with Gasteiger partial charge in [0.15, 0.2) is 0 Å². The number of nitrogens with one attached hydrogen (secondary N) is 1. The van der Waals surface area contributed by atoms with E-state index >= 15 is 0 Å². The molecule has 0 aliphatic carbocycles. The first-order valence-corrected chi connectivity index (χ1v) is 7.82. The summed E-state index contributed by atoms with van der Waals surface area (Å²) in [6, 6.07) is 9.65. The highest BCUT2D eigenvalue weighted by atomic mass is 127. The first-order valence-electron chi connectivity index (χ1n) is 5.61. The molecule has 0 bridgehead atoms. The smallest absolute Gasteiger partial charge is 0.0657 e. The van der Waals surface area contributed by atoms with E-state index in [1.165, 1.54) is 9.13 Å². The topological polar surface area (TPSA) is 12.0 Å². The predicted molar refractivity (Wildman–Crippen MR) is 92.7 cm³/mol. The van der Waals surface area contributed by atoms with Gasteiger partial charge in [-0.2, -0.15) is 0 Å². The van der Waals surface area contributed by atoms with Gasteiger partial charge in [0.1, 0.15) is 0 Å². The van der Waals surface area contributed by atoms with Crippen LogP contribution in [-0.4, -0.2) is 0 Å². The minimum absolute atomic E-state index is 0.503. The largest absolute Gasteiger partial charge is 0.381 e. The van der Waals surface area contributed by atoms with Crippen LogP contribution < -0.4 is 5.32 Å². The summed E-state index contributed by atoms with van der Waals surface area (Å²) in [6.07, 6.45) is 0. The Balaban J connectivity index is 2.19. The van der Waals surface area contributed by atoms with Crippen LogP contribution in [0.5, 0.6) is 0 Å². The van der Waals surface area contributed by atoms with E-state index in [0.717, 1.165) is 11.3 Å². The van der Waals surface area contributed by atoms with Gasteiger partial charge in [0.05, 0.1) is 10.0 Å². The Labute approximate surface area is 141 Å². The minimum Gasteiger partial charge on any atom is -0.381 e. The van der Waals surface area contributed by atoms with E-state index in [1.54, 1.807) is 12.1 Å². The third kappa shape index (κ3) is 3.69. The standard InChI is InChI=1S/C14H11Cl3IN/c1-8-2-3-9(6-13(8)18)19-7-10-11(15)4-5-12(16)14(10)17/h2-6,19H,7H2,1H3. The van der Waals surface area contributed by atoms with Gasteiger partial charge < -0.3 is 5.32 Å². The quantitative estimate of drug-likeness (QED) is 0.457. The van der Waals surface area contributed by atoms with Crippen molar-refractivity contribution in [3.63, 3.8) is 0 Å². The normalized spacial score (nSPS) is 10.6. The molecule has 0 radical (unpaired) electrons. The maximum Gasteiger partial charge on any atom is 0.0657 e. The van der Waals surface area contributed by atoms with Crippen LogP contribution in [0.4, 0.5) is 5.69 Å². The van der Waals surface area contributed by atoms with Gasteiger partial charge in [-0.1, -0.05) is 40.9 Å². The van der Waals surface area contributed by atoms with Crippen LogP contribution in [0.15, 0.2) is 30.3 Å². The van der Waals surface area contributed by atoms with Crippen molar-refractivity contribution in [3.8, 4) is 0 Å². The second kappa shape index (κ2) is 6.53. The Morgan fingerprint density at radius 2 is 1.74 bits per heavy atom. The lowest BCUT2D eigenvalue weighted by Crippen LogP contribution is -2.01. The van der Waals surface area contributed by atoms with Crippen LogP contribution in [0.3, 0.4) is 0 Å². The zero-order valence-corrected chi connectivity index (χ0v) is 14.5. The fraction of sp³-hybridized carbons (Fsp3) is 0.143. The van der Waals surface area contributed by atoms with Crippen molar-refractivity contribution in [2.45, 2.75) is 13.5 Å². The maximum absolute atomic E-state index is 6.16. The third-order valence-corrected chi connectivity index (χ3v) is 5.14. The van der Waals surface area contributed by atoms with E-state index in [-0.39, 0.29) is 0 Å². The van der Waals surface area contributed by atoms with E-state index in [9.17, 15) is 0 Å². The molecule has 0 unspecified atom stereocenters. The number of halogens is 4. The molecule has 0 fully saturated rings. The zero-order chi connectivity index (χ0) is 14.0. The third-order valence-electron chi connectivity index (χ3n) is 2.78. The Kier molecular flexibility index (Phi) is 5.23. The van der Waals surface area contributed by atoms with Crippen LogP contribution in [0, 0.1) is 10.5 Å². The van der Waals surface area contributed by atoms with Gasteiger partial charge >= 0.3 is 0 Å². The number of anilines is 1. The number of rotatable bonds is 3. The average Bonchev–Trinajstić information content (AvgIpc) is 2.38. The Morgan fingerprint density at radius 3 is 2.42 bits per heavy atom. The molecule has 0 aromatic heterocycles. The lowest BCUT2D eigenvalue weighted by atomic mass is 10.2. The number of benzene rings is 2. The van der Waals surface area contributed by atoms with Crippen molar-refractivity contribution in [1.29, 1.82) is 0 Å². The summed E-state index contributed by atoms with van der Waals surface area (Å²) in [6.45, 7) is 2.62. The first kappa shape index (κ1) is 15.2. The van der Waals surface area contributed by atoms with Gasteiger partial charge in [0.25, 0.3) is 0 Å². The molecular weight excluding hydrogens is 415 g/mol. The van der Waals surface area contributed by atoms with Crippen molar-refractivity contribution in [1.82, 2.24) is 0 Å². The van der Waals surface area contributed by atoms with Gasteiger partial charge in [0, 0.05) is 26.4 Å². The second-order valence-corrected chi connectivity index (χ2v) is 6.49. The molecule has 2 aromatic carbocycles. The van der Waals surface area contributed by atoms with E-state index in [0.29, 0.717) is 21.6 Å². The fourth-order valence-corrected chi connectivity index (χ4v) is 2.82. The SMILES string of the molecule is Cc1ccc(NCc2c(Cl)ccc(Cl)c2Cl)cc1I. The number of hydrogen-bond donors (Lipinski definition) is 1. The summed E-state index contributed by atoms with van der Waals surface area (Å²) < 4.78 is 1.21. The van der Waals surface area contributed by atoms with Crippen LogP contribution >= 0.6 is 57.4 Å². The minimum atomic E-state index is 0.503. The summed E-state index contributed by atoms with van der Waals surface area (Å²) in [5.41, 5.74) is 3.10. The van der Waals surface area contributed by atoms with Crippen molar-refractivity contribution in [2.24, 2.45) is 0 Å². The Morgan fingerprint density at radius 1 is 1.05 bits per heavy atom. The number of aryl methyl sites for hydroxylation is 1.